The molecule has 0 aliphatic carbocycles. The lowest BCUT2D eigenvalue weighted by Crippen LogP contribution is -1.94. The molecule has 0 saturated heterocycles. The molecule has 0 atom stereocenters. The number of ketones is 1. The summed E-state index contributed by atoms with van der Waals surface area (Å²) in [6.45, 7) is 1.75. The van der Waals surface area contributed by atoms with Gasteiger partial charge >= 0.3 is 5.97 Å². The van der Waals surface area contributed by atoms with Crippen molar-refractivity contribution in [3.63, 3.8) is 0 Å². The van der Waals surface area contributed by atoms with Crippen molar-refractivity contribution in [3.8, 4) is 0 Å². The lowest BCUT2D eigenvalue weighted by atomic mass is 10.2. The third-order valence-electron chi connectivity index (χ3n) is 1.44. The van der Waals surface area contributed by atoms with Crippen molar-refractivity contribution in [2.45, 2.75) is 13.3 Å². The molecule has 1 rings (SSSR count). The quantitative estimate of drug-likeness (QED) is 0.731. The number of rotatable bonds is 3. The van der Waals surface area contributed by atoms with Crippen molar-refractivity contribution in [2.75, 3.05) is 0 Å². The average molecular weight is 184 g/mol. The van der Waals surface area contributed by atoms with E-state index in [2.05, 4.69) is 0 Å². The molecule has 0 aliphatic heterocycles. The van der Waals surface area contributed by atoms with E-state index in [1.54, 1.807) is 6.92 Å². The van der Waals surface area contributed by atoms with Crippen LogP contribution < -0.4 is 0 Å². The van der Waals surface area contributed by atoms with Crippen molar-refractivity contribution < 1.29 is 14.7 Å². The van der Waals surface area contributed by atoms with Gasteiger partial charge in [-0.05, 0) is 6.07 Å². The number of aromatic carboxylic acids is 1. The minimum absolute atomic E-state index is 0.00694. The maximum absolute atomic E-state index is 11.1. The second-order valence-corrected chi connectivity index (χ2v) is 3.19. The molecule has 1 aromatic rings. The minimum atomic E-state index is -0.985. The summed E-state index contributed by atoms with van der Waals surface area (Å²) in [7, 11) is 0. The summed E-state index contributed by atoms with van der Waals surface area (Å²) in [4.78, 5) is 22.0. The molecule has 0 bridgehead atoms. The maximum atomic E-state index is 11.1. The molecule has 0 aliphatic rings. The van der Waals surface area contributed by atoms with E-state index in [1.165, 1.54) is 22.8 Å². The van der Waals surface area contributed by atoms with E-state index in [4.69, 9.17) is 5.11 Å². The Bertz CT molecular complexity index is 314. The van der Waals surface area contributed by atoms with Crippen LogP contribution in [0.1, 0.15) is 33.4 Å². The smallest absolute Gasteiger partial charge is 0.336 e. The van der Waals surface area contributed by atoms with Gasteiger partial charge in [0.15, 0.2) is 5.78 Å². The Hall–Kier alpha value is -1.16. The monoisotopic (exact) mass is 184 g/mol. The second kappa shape index (κ2) is 3.49. The third kappa shape index (κ3) is 1.71. The van der Waals surface area contributed by atoms with E-state index >= 15 is 0 Å². The minimum Gasteiger partial charge on any atom is -0.478 e. The second-order valence-electron chi connectivity index (χ2n) is 2.28. The molecule has 0 amide bonds. The van der Waals surface area contributed by atoms with Crippen LogP contribution in [-0.2, 0) is 0 Å². The number of hydrogen-bond acceptors (Lipinski definition) is 3. The van der Waals surface area contributed by atoms with E-state index in [0.717, 1.165) is 0 Å². The Kier molecular flexibility index (Phi) is 2.60. The Morgan fingerprint density at radius 3 is 2.67 bits per heavy atom. The van der Waals surface area contributed by atoms with Gasteiger partial charge in [0.2, 0.25) is 0 Å². The van der Waals surface area contributed by atoms with Gasteiger partial charge in [0, 0.05) is 11.8 Å². The molecule has 0 radical (unpaired) electrons. The van der Waals surface area contributed by atoms with Crippen LogP contribution in [0.25, 0.3) is 0 Å². The highest BCUT2D eigenvalue weighted by Gasteiger charge is 2.10. The topological polar surface area (TPSA) is 54.4 Å². The molecule has 0 spiro atoms. The van der Waals surface area contributed by atoms with Crippen molar-refractivity contribution in [2.24, 2.45) is 0 Å². The fourth-order valence-electron chi connectivity index (χ4n) is 0.769. The molecule has 64 valence electrons. The first-order chi connectivity index (χ1) is 5.65. The lowest BCUT2D eigenvalue weighted by Gasteiger charge is -1.87. The molecular weight excluding hydrogens is 176 g/mol. The Morgan fingerprint density at radius 2 is 2.25 bits per heavy atom. The van der Waals surface area contributed by atoms with E-state index < -0.39 is 5.97 Å². The van der Waals surface area contributed by atoms with Gasteiger partial charge in [0.05, 0.1) is 10.4 Å². The fourth-order valence-corrected chi connectivity index (χ4v) is 1.66. The summed E-state index contributed by atoms with van der Waals surface area (Å²) < 4.78 is 0. The molecule has 0 fully saturated rings. The summed E-state index contributed by atoms with van der Waals surface area (Å²) in [6, 6.07) is 1.42. The molecular formula is C8H8O3S. The van der Waals surface area contributed by atoms with Crippen LogP contribution in [0.5, 0.6) is 0 Å². The van der Waals surface area contributed by atoms with Crippen LogP contribution in [0.4, 0.5) is 0 Å². The van der Waals surface area contributed by atoms with Gasteiger partial charge in [0.1, 0.15) is 0 Å². The van der Waals surface area contributed by atoms with E-state index in [9.17, 15) is 9.59 Å². The molecule has 1 heterocycles. The zero-order valence-corrected chi connectivity index (χ0v) is 7.35. The van der Waals surface area contributed by atoms with Gasteiger partial charge in [-0.15, -0.1) is 11.3 Å². The molecule has 12 heavy (non-hydrogen) atoms. The number of carboxylic acids is 1. The van der Waals surface area contributed by atoms with Gasteiger partial charge in [-0.25, -0.2) is 4.79 Å². The number of hydrogen-bond donors (Lipinski definition) is 1. The fraction of sp³-hybridized carbons (Fsp3) is 0.250. The zero-order chi connectivity index (χ0) is 9.14. The van der Waals surface area contributed by atoms with Gasteiger partial charge < -0.3 is 5.11 Å². The first-order valence-corrected chi connectivity index (χ1v) is 4.38. The van der Waals surface area contributed by atoms with E-state index in [1.807, 2.05) is 0 Å². The van der Waals surface area contributed by atoms with Gasteiger partial charge in [-0.3, -0.25) is 4.79 Å². The number of Topliss-reactive ketones (excluding diaryl/α,β-unsaturated/α-hetero) is 1. The number of thiophene rings is 1. The Balaban J connectivity index is 2.91. The van der Waals surface area contributed by atoms with Crippen LogP contribution in [-0.4, -0.2) is 16.9 Å². The highest BCUT2D eigenvalue weighted by atomic mass is 32.1. The van der Waals surface area contributed by atoms with E-state index in [-0.39, 0.29) is 11.3 Å². The standard InChI is InChI=1S/C8H8O3S/c1-2-6(9)7-3-5(4-12-7)8(10)11/h3-4H,2H2,1H3,(H,10,11). The number of carbonyl (C=O) groups excluding carboxylic acids is 1. The Labute approximate surface area is 73.6 Å². The van der Waals surface area contributed by atoms with Crippen molar-refractivity contribution in [1.29, 1.82) is 0 Å². The van der Waals surface area contributed by atoms with Gasteiger partial charge in [-0.2, -0.15) is 0 Å². The van der Waals surface area contributed by atoms with Crippen LogP contribution in [0.3, 0.4) is 0 Å². The third-order valence-corrected chi connectivity index (χ3v) is 2.41. The zero-order valence-electron chi connectivity index (χ0n) is 6.53. The van der Waals surface area contributed by atoms with E-state index in [0.29, 0.717) is 11.3 Å². The normalized spacial score (nSPS) is 9.75. The first-order valence-electron chi connectivity index (χ1n) is 3.50. The molecule has 0 saturated carbocycles. The van der Waals surface area contributed by atoms with Crippen molar-refractivity contribution in [1.82, 2.24) is 0 Å². The maximum Gasteiger partial charge on any atom is 0.336 e. The van der Waals surface area contributed by atoms with Crippen LogP contribution in [0.15, 0.2) is 11.4 Å². The highest BCUT2D eigenvalue weighted by molar-refractivity contribution is 7.12. The van der Waals surface area contributed by atoms with Crippen LogP contribution in [0.2, 0.25) is 0 Å². The van der Waals surface area contributed by atoms with Gasteiger partial charge in [-0.1, -0.05) is 6.92 Å². The largest absolute Gasteiger partial charge is 0.478 e. The Morgan fingerprint density at radius 1 is 1.58 bits per heavy atom. The van der Waals surface area contributed by atoms with Gasteiger partial charge in [0.25, 0.3) is 0 Å². The average Bonchev–Trinajstić information content (AvgIpc) is 2.51. The van der Waals surface area contributed by atoms with Crippen molar-refractivity contribution >= 4 is 23.1 Å². The molecule has 0 unspecified atom stereocenters. The van der Waals surface area contributed by atoms with Crippen LogP contribution >= 0.6 is 11.3 Å². The predicted molar refractivity (Wildman–Crippen MR) is 45.9 cm³/mol. The SMILES string of the molecule is CCC(=O)c1cc(C(=O)O)cs1. The predicted octanol–water partition coefficient (Wildman–Crippen LogP) is 2.04. The molecule has 1 N–H and O–H groups in total. The summed E-state index contributed by atoms with van der Waals surface area (Å²) in [6.07, 6.45) is 0.416. The lowest BCUT2D eigenvalue weighted by molar-refractivity contribution is 0.0697. The summed E-state index contributed by atoms with van der Waals surface area (Å²) >= 11 is 1.18. The number of carbonyl (C=O) groups is 2. The van der Waals surface area contributed by atoms with Crippen LogP contribution in [0, 0.1) is 0 Å². The first kappa shape index (κ1) is 8.93. The molecule has 0 aromatic carbocycles. The molecule has 3 nitrogen and oxygen atoms in total. The summed E-state index contributed by atoms with van der Waals surface area (Å²) in [5.41, 5.74) is 0.191. The molecule has 1 aromatic heterocycles. The highest BCUT2D eigenvalue weighted by Crippen LogP contribution is 2.16. The molecule has 4 heteroatoms. The van der Waals surface area contributed by atoms with Crippen molar-refractivity contribution in [3.05, 3.63) is 21.9 Å². The summed E-state index contributed by atoms with van der Waals surface area (Å²) in [5, 5.41) is 10.0. The number of carboxylic acid groups (broad SMARTS) is 1. The summed E-state index contributed by atoms with van der Waals surface area (Å²) in [5.74, 6) is -0.992.